The van der Waals surface area contributed by atoms with Crippen molar-refractivity contribution in [3.8, 4) is 5.75 Å². The number of halogens is 3. The van der Waals surface area contributed by atoms with Crippen molar-refractivity contribution in [2.24, 2.45) is 11.8 Å². The number of rotatable bonds is 4. The van der Waals surface area contributed by atoms with E-state index in [4.69, 9.17) is 4.74 Å². The van der Waals surface area contributed by atoms with Gasteiger partial charge in [0.15, 0.2) is 11.7 Å². The molecule has 0 bridgehead atoms. The lowest BCUT2D eigenvalue weighted by atomic mass is 10.3. The van der Waals surface area contributed by atoms with Crippen molar-refractivity contribution >= 4 is 32.6 Å². The molecule has 3 rings (SSSR count). The monoisotopic (exact) mass is 330 g/mol. The molecule has 8 heteroatoms. The highest BCUT2D eigenvalue weighted by Crippen LogP contribution is 2.39. The van der Waals surface area contributed by atoms with Gasteiger partial charge in [-0.05, 0) is 30.5 Å². The minimum absolute atomic E-state index is 0.0395. The number of ether oxygens (including phenoxy) is 1. The summed E-state index contributed by atoms with van der Waals surface area (Å²) < 4.78 is 41.8. The van der Waals surface area contributed by atoms with Crippen molar-refractivity contribution in [1.82, 2.24) is 4.98 Å². The van der Waals surface area contributed by atoms with Gasteiger partial charge in [0.05, 0.1) is 10.2 Å². The molecule has 0 saturated heterocycles. The van der Waals surface area contributed by atoms with Crippen LogP contribution in [0, 0.1) is 11.8 Å². The van der Waals surface area contributed by atoms with Crippen LogP contribution in [0.5, 0.6) is 5.75 Å². The predicted molar refractivity (Wildman–Crippen MR) is 77.1 cm³/mol. The summed E-state index contributed by atoms with van der Waals surface area (Å²) in [6.07, 6.45) is -3.49. The Labute approximate surface area is 128 Å². The Hall–Kier alpha value is -1.83. The van der Waals surface area contributed by atoms with Gasteiger partial charge in [0.25, 0.3) is 0 Å². The van der Waals surface area contributed by atoms with Crippen LogP contribution in [0.1, 0.15) is 13.3 Å². The van der Waals surface area contributed by atoms with E-state index in [0.29, 0.717) is 21.3 Å². The highest BCUT2D eigenvalue weighted by molar-refractivity contribution is 7.22. The van der Waals surface area contributed by atoms with Gasteiger partial charge >= 0.3 is 6.18 Å². The van der Waals surface area contributed by atoms with Gasteiger partial charge in [-0.2, -0.15) is 13.2 Å². The van der Waals surface area contributed by atoms with Crippen molar-refractivity contribution < 1.29 is 22.7 Å². The minimum atomic E-state index is -4.37. The number of carbonyl (C=O) groups is 1. The Kier molecular flexibility index (Phi) is 3.72. The fraction of sp³-hybridized carbons (Fsp3) is 0.429. The maximum atomic E-state index is 12.1. The normalized spacial score (nSPS) is 20.9. The molecule has 1 aliphatic carbocycles. The number of fused-ring (bicyclic) bond motifs is 1. The number of hydrogen-bond donors (Lipinski definition) is 1. The first-order chi connectivity index (χ1) is 10.3. The topological polar surface area (TPSA) is 51.2 Å². The fourth-order valence-corrected chi connectivity index (χ4v) is 3.00. The van der Waals surface area contributed by atoms with Gasteiger partial charge in [-0.1, -0.05) is 18.3 Å². The van der Waals surface area contributed by atoms with E-state index in [1.807, 2.05) is 6.92 Å². The molecular weight excluding hydrogens is 317 g/mol. The summed E-state index contributed by atoms with van der Waals surface area (Å²) in [6, 6.07) is 4.50. The zero-order valence-electron chi connectivity index (χ0n) is 11.6. The molecule has 2 atom stereocenters. The molecule has 22 heavy (non-hydrogen) atoms. The second-order valence-corrected chi connectivity index (χ2v) is 6.39. The van der Waals surface area contributed by atoms with Gasteiger partial charge in [-0.15, -0.1) is 0 Å². The standard InChI is InChI=1S/C14H13F3N2O2S/c1-7-4-9(7)12(20)19-13-18-10-3-2-8(5-11(10)22-13)21-6-14(15,16)17/h2-3,5,7,9H,4,6H2,1H3,(H,18,19,20)/t7-,9+/m1/s1. The second kappa shape index (κ2) is 5.42. The summed E-state index contributed by atoms with van der Waals surface area (Å²) in [7, 11) is 0. The third-order valence-electron chi connectivity index (χ3n) is 3.44. The molecule has 0 spiro atoms. The molecule has 4 nitrogen and oxygen atoms in total. The summed E-state index contributed by atoms with van der Waals surface area (Å²) in [5.74, 6) is 0.511. The Morgan fingerprint density at radius 3 is 2.86 bits per heavy atom. The van der Waals surface area contributed by atoms with Gasteiger partial charge in [-0.3, -0.25) is 4.79 Å². The molecule has 1 aliphatic rings. The molecule has 1 aromatic heterocycles. The van der Waals surface area contributed by atoms with Crippen LogP contribution in [0.15, 0.2) is 18.2 Å². The maximum Gasteiger partial charge on any atom is 0.422 e. The minimum Gasteiger partial charge on any atom is -0.484 e. The first kappa shape index (κ1) is 15.1. The van der Waals surface area contributed by atoms with E-state index in [9.17, 15) is 18.0 Å². The zero-order chi connectivity index (χ0) is 15.9. The van der Waals surface area contributed by atoms with Crippen LogP contribution in [0.25, 0.3) is 10.2 Å². The molecule has 0 unspecified atom stereocenters. The van der Waals surface area contributed by atoms with E-state index in [2.05, 4.69) is 10.3 Å². The highest BCUT2D eigenvalue weighted by Gasteiger charge is 2.39. The van der Waals surface area contributed by atoms with E-state index in [0.717, 1.165) is 6.42 Å². The summed E-state index contributed by atoms with van der Waals surface area (Å²) in [5.41, 5.74) is 0.614. The summed E-state index contributed by atoms with van der Waals surface area (Å²) >= 11 is 1.22. The molecule has 0 radical (unpaired) electrons. The first-order valence-corrected chi connectivity index (χ1v) is 7.54. The van der Waals surface area contributed by atoms with E-state index in [-0.39, 0.29) is 17.6 Å². The highest BCUT2D eigenvalue weighted by atomic mass is 32.1. The van der Waals surface area contributed by atoms with Crippen molar-refractivity contribution in [2.75, 3.05) is 11.9 Å². The van der Waals surface area contributed by atoms with Crippen molar-refractivity contribution in [3.05, 3.63) is 18.2 Å². The number of carbonyl (C=O) groups excluding carboxylic acids is 1. The molecular formula is C14H13F3N2O2S. The molecule has 118 valence electrons. The third-order valence-corrected chi connectivity index (χ3v) is 4.37. The number of thiazole rings is 1. The number of anilines is 1. The lowest BCUT2D eigenvalue weighted by Crippen LogP contribution is -2.19. The van der Waals surface area contributed by atoms with E-state index >= 15 is 0 Å². The average Bonchev–Trinajstić information content (AvgIpc) is 3.02. The Morgan fingerprint density at radius 2 is 2.23 bits per heavy atom. The number of nitrogens with zero attached hydrogens (tertiary/aromatic N) is 1. The quantitative estimate of drug-likeness (QED) is 0.927. The molecule has 2 aromatic rings. The van der Waals surface area contributed by atoms with Crippen LogP contribution < -0.4 is 10.1 Å². The number of benzene rings is 1. The number of aromatic nitrogens is 1. The third kappa shape index (κ3) is 3.49. The molecule has 1 amide bonds. The largest absolute Gasteiger partial charge is 0.484 e. The summed E-state index contributed by atoms with van der Waals surface area (Å²) in [5, 5.41) is 3.20. The van der Waals surface area contributed by atoms with Crippen molar-refractivity contribution in [2.45, 2.75) is 19.5 Å². The summed E-state index contributed by atoms with van der Waals surface area (Å²) in [4.78, 5) is 16.1. The van der Waals surface area contributed by atoms with E-state index in [1.165, 1.54) is 23.5 Å². The van der Waals surface area contributed by atoms with Crippen molar-refractivity contribution in [1.29, 1.82) is 0 Å². The van der Waals surface area contributed by atoms with Crippen LogP contribution in [0.2, 0.25) is 0 Å². The number of alkyl halides is 3. The lowest BCUT2D eigenvalue weighted by Gasteiger charge is -2.08. The van der Waals surface area contributed by atoms with Crippen LogP contribution in [0.4, 0.5) is 18.3 Å². The Balaban J connectivity index is 1.71. The van der Waals surface area contributed by atoms with Gasteiger partial charge in [0, 0.05) is 5.92 Å². The fourth-order valence-electron chi connectivity index (χ4n) is 2.10. The Bertz CT molecular complexity index is 714. The maximum absolute atomic E-state index is 12.1. The molecule has 0 aliphatic heterocycles. The molecule has 1 saturated carbocycles. The van der Waals surface area contributed by atoms with Gasteiger partial charge < -0.3 is 10.1 Å². The SMILES string of the molecule is C[C@@H]1C[C@@H]1C(=O)Nc1nc2ccc(OCC(F)(F)F)cc2s1. The van der Waals surface area contributed by atoms with Gasteiger partial charge in [0.2, 0.25) is 5.91 Å². The molecule has 1 heterocycles. The molecule has 1 fully saturated rings. The number of nitrogens with one attached hydrogen (secondary N) is 1. The van der Waals surface area contributed by atoms with Crippen LogP contribution in [-0.2, 0) is 4.79 Å². The van der Waals surface area contributed by atoms with E-state index < -0.39 is 12.8 Å². The summed E-state index contributed by atoms with van der Waals surface area (Å²) in [6.45, 7) is 0.674. The Morgan fingerprint density at radius 1 is 1.50 bits per heavy atom. The van der Waals surface area contributed by atoms with E-state index in [1.54, 1.807) is 6.07 Å². The lowest BCUT2D eigenvalue weighted by molar-refractivity contribution is -0.153. The van der Waals surface area contributed by atoms with Gasteiger partial charge in [0.1, 0.15) is 5.75 Å². The second-order valence-electron chi connectivity index (χ2n) is 5.36. The van der Waals surface area contributed by atoms with Crippen molar-refractivity contribution in [3.63, 3.8) is 0 Å². The van der Waals surface area contributed by atoms with Crippen LogP contribution in [-0.4, -0.2) is 23.7 Å². The van der Waals surface area contributed by atoms with Crippen LogP contribution >= 0.6 is 11.3 Å². The number of amides is 1. The smallest absolute Gasteiger partial charge is 0.422 e. The van der Waals surface area contributed by atoms with Gasteiger partial charge in [-0.25, -0.2) is 4.98 Å². The first-order valence-electron chi connectivity index (χ1n) is 6.73. The average molecular weight is 330 g/mol. The van der Waals surface area contributed by atoms with Crippen LogP contribution in [0.3, 0.4) is 0 Å². The molecule has 1 aromatic carbocycles. The molecule has 1 N–H and O–H groups in total. The predicted octanol–water partition coefficient (Wildman–Crippen LogP) is 3.83. The number of hydrogen-bond acceptors (Lipinski definition) is 4. The zero-order valence-corrected chi connectivity index (χ0v) is 12.4.